The largest absolute Gasteiger partial charge is 0.279 e. The van der Waals surface area contributed by atoms with Crippen LogP contribution in [0.2, 0.25) is 0 Å². The fourth-order valence-electron chi connectivity index (χ4n) is 2.97. The summed E-state index contributed by atoms with van der Waals surface area (Å²) in [5.41, 5.74) is 1.42. The van der Waals surface area contributed by atoms with E-state index in [1.807, 2.05) is 6.07 Å². The number of anilines is 1. The molecule has 1 aliphatic heterocycles. The number of carbonyl (C=O) groups is 2. The van der Waals surface area contributed by atoms with Gasteiger partial charge in [-0.2, -0.15) is 4.99 Å². The van der Waals surface area contributed by atoms with E-state index >= 15 is 0 Å². The molecular weight excluding hydrogens is 414 g/mol. The van der Waals surface area contributed by atoms with Crippen molar-refractivity contribution < 1.29 is 14.5 Å². The fraction of sp³-hybridized carbons (Fsp3) is 0. The molecule has 3 aromatic carbocycles. The number of para-hydroxylation sites is 1. The lowest BCUT2D eigenvalue weighted by atomic mass is 10.2. The van der Waals surface area contributed by atoms with Gasteiger partial charge in [0.15, 0.2) is 5.17 Å². The summed E-state index contributed by atoms with van der Waals surface area (Å²) in [7, 11) is 0. The van der Waals surface area contributed by atoms with Crippen LogP contribution in [0.3, 0.4) is 0 Å². The molecule has 4 rings (SSSR count). The highest BCUT2D eigenvalue weighted by atomic mass is 32.2. The number of amidine groups is 1. The average Bonchev–Trinajstić information content (AvgIpc) is 3.09. The molecule has 152 valence electrons. The van der Waals surface area contributed by atoms with Gasteiger partial charge in [0.05, 0.1) is 15.5 Å². The molecule has 31 heavy (non-hydrogen) atoms. The van der Waals surface area contributed by atoms with Gasteiger partial charge in [-0.25, -0.2) is 0 Å². The van der Waals surface area contributed by atoms with Crippen LogP contribution in [0.25, 0.3) is 6.08 Å². The summed E-state index contributed by atoms with van der Waals surface area (Å²) >= 11 is 1.05. The lowest BCUT2D eigenvalue weighted by Gasteiger charge is -2.15. The maximum absolute atomic E-state index is 13.2. The summed E-state index contributed by atoms with van der Waals surface area (Å²) in [5, 5.41) is 11.3. The molecule has 7 nitrogen and oxygen atoms in total. The molecule has 0 atom stereocenters. The maximum atomic E-state index is 13.2. The van der Waals surface area contributed by atoms with Crippen LogP contribution in [0.4, 0.5) is 11.4 Å². The van der Waals surface area contributed by atoms with E-state index in [4.69, 9.17) is 0 Å². The number of amides is 2. The number of hydrogen-bond donors (Lipinski definition) is 0. The van der Waals surface area contributed by atoms with Gasteiger partial charge in [0.2, 0.25) is 0 Å². The van der Waals surface area contributed by atoms with E-state index in [1.165, 1.54) is 17.0 Å². The van der Waals surface area contributed by atoms with Crippen LogP contribution >= 0.6 is 11.8 Å². The van der Waals surface area contributed by atoms with E-state index in [0.29, 0.717) is 21.7 Å². The number of rotatable bonds is 4. The smallest absolute Gasteiger partial charge is 0.268 e. The standard InChI is InChI=1S/C23H15N3O4S/c27-21(17-9-3-1-4-10-17)24-23-25(18-11-5-2-6-12-18)22(28)20(31-23)15-16-8-7-13-19(14-16)26(29)30/h1-15H. The zero-order valence-corrected chi connectivity index (χ0v) is 16.9. The topological polar surface area (TPSA) is 92.9 Å². The fourth-order valence-corrected chi connectivity index (χ4v) is 3.94. The summed E-state index contributed by atoms with van der Waals surface area (Å²) < 4.78 is 0. The van der Waals surface area contributed by atoms with Gasteiger partial charge in [-0.1, -0.05) is 48.5 Å². The van der Waals surface area contributed by atoms with Gasteiger partial charge in [0.25, 0.3) is 17.5 Å². The van der Waals surface area contributed by atoms with Crippen molar-refractivity contribution in [3.8, 4) is 0 Å². The molecule has 0 aliphatic carbocycles. The first-order valence-corrected chi connectivity index (χ1v) is 10.1. The number of thioether (sulfide) groups is 1. The quantitative estimate of drug-likeness (QED) is 0.334. The first-order valence-electron chi connectivity index (χ1n) is 9.24. The Morgan fingerprint density at radius 1 is 0.968 bits per heavy atom. The van der Waals surface area contributed by atoms with E-state index in [1.54, 1.807) is 72.8 Å². The van der Waals surface area contributed by atoms with E-state index in [0.717, 1.165) is 11.8 Å². The van der Waals surface area contributed by atoms with E-state index in [2.05, 4.69) is 4.99 Å². The first-order chi connectivity index (χ1) is 15.0. The minimum atomic E-state index is -0.493. The maximum Gasteiger partial charge on any atom is 0.279 e. The Bertz CT molecular complexity index is 1220. The molecule has 0 N–H and O–H groups in total. The van der Waals surface area contributed by atoms with Gasteiger partial charge < -0.3 is 0 Å². The summed E-state index contributed by atoms with van der Waals surface area (Å²) in [5.74, 6) is -0.823. The Morgan fingerprint density at radius 3 is 2.32 bits per heavy atom. The number of non-ortho nitro benzene ring substituents is 1. The Labute approximate surface area is 181 Å². The molecule has 0 unspecified atom stereocenters. The van der Waals surface area contributed by atoms with E-state index < -0.39 is 10.8 Å². The number of benzene rings is 3. The molecule has 3 aromatic rings. The second-order valence-corrected chi connectivity index (χ2v) is 7.51. The molecule has 0 radical (unpaired) electrons. The average molecular weight is 429 g/mol. The van der Waals surface area contributed by atoms with Crippen LogP contribution in [-0.2, 0) is 4.79 Å². The highest BCUT2D eigenvalue weighted by Crippen LogP contribution is 2.36. The lowest BCUT2D eigenvalue weighted by Crippen LogP contribution is -2.29. The van der Waals surface area contributed by atoms with Crippen LogP contribution in [0.15, 0.2) is 94.8 Å². The van der Waals surface area contributed by atoms with Crippen molar-refractivity contribution in [1.82, 2.24) is 0 Å². The van der Waals surface area contributed by atoms with Crippen molar-refractivity contribution in [3.63, 3.8) is 0 Å². The van der Waals surface area contributed by atoms with Gasteiger partial charge in [-0.3, -0.25) is 24.6 Å². The molecule has 1 aliphatic rings. The summed E-state index contributed by atoms with van der Waals surface area (Å²) in [6.45, 7) is 0. The second-order valence-electron chi connectivity index (χ2n) is 6.50. The molecule has 0 spiro atoms. The molecule has 8 heteroatoms. The minimum absolute atomic E-state index is 0.0714. The Kier molecular flexibility index (Phi) is 5.72. The Morgan fingerprint density at radius 2 is 1.65 bits per heavy atom. The second kappa shape index (κ2) is 8.76. The van der Waals surface area contributed by atoms with Crippen molar-refractivity contribution in [2.24, 2.45) is 4.99 Å². The number of hydrogen-bond acceptors (Lipinski definition) is 5. The Hall–Kier alpha value is -4.04. The van der Waals surface area contributed by atoms with Crippen LogP contribution in [0, 0.1) is 10.1 Å². The highest BCUT2D eigenvalue weighted by Gasteiger charge is 2.35. The monoisotopic (exact) mass is 429 g/mol. The van der Waals surface area contributed by atoms with Gasteiger partial charge in [-0.15, -0.1) is 0 Å². The molecule has 0 aromatic heterocycles. The number of nitro groups is 1. The van der Waals surface area contributed by atoms with E-state index in [-0.39, 0.29) is 16.8 Å². The third kappa shape index (κ3) is 4.44. The summed E-state index contributed by atoms with van der Waals surface area (Å²) in [6.07, 6.45) is 1.56. The van der Waals surface area contributed by atoms with Crippen LogP contribution < -0.4 is 4.90 Å². The predicted octanol–water partition coefficient (Wildman–Crippen LogP) is 4.91. The number of carbonyl (C=O) groups excluding carboxylic acids is 2. The van der Waals surface area contributed by atoms with Gasteiger partial charge in [0.1, 0.15) is 0 Å². The molecule has 1 fully saturated rings. The van der Waals surface area contributed by atoms with Gasteiger partial charge >= 0.3 is 0 Å². The van der Waals surface area contributed by atoms with Crippen molar-refractivity contribution in [2.75, 3.05) is 4.90 Å². The third-order valence-electron chi connectivity index (χ3n) is 4.42. The summed E-state index contributed by atoms with van der Waals surface area (Å²) in [4.78, 5) is 42.2. The molecule has 2 amide bonds. The van der Waals surface area contributed by atoms with Crippen molar-refractivity contribution in [3.05, 3.63) is 111 Å². The molecular formula is C23H15N3O4S. The van der Waals surface area contributed by atoms with Crippen LogP contribution in [-0.4, -0.2) is 21.9 Å². The lowest BCUT2D eigenvalue weighted by molar-refractivity contribution is -0.384. The van der Waals surface area contributed by atoms with Gasteiger partial charge in [0, 0.05) is 17.7 Å². The van der Waals surface area contributed by atoms with Crippen molar-refractivity contribution in [1.29, 1.82) is 0 Å². The van der Waals surface area contributed by atoms with Gasteiger partial charge in [-0.05, 0) is 47.7 Å². The Balaban J connectivity index is 1.74. The minimum Gasteiger partial charge on any atom is -0.268 e. The molecule has 0 bridgehead atoms. The van der Waals surface area contributed by atoms with Crippen molar-refractivity contribution >= 4 is 46.2 Å². The SMILES string of the molecule is O=C(N=C1SC(=Cc2cccc([N+](=O)[O-])c2)C(=O)N1c1ccccc1)c1ccccc1. The number of nitro benzene ring substituents is 1. The van der Waals surface area contributed by atoms with Crippen molar-refractivity contribution in [2.45, 2.75) is 0 Å². The molecule has 1 saturated heterocycles. The number of nitrogens with zero attached hydrogens (tertiary/aromatic N) is 3. The molecule has 1 heterocycles. The predicted molar refractivity (Wildman–Crippen MR) is 121 cm³/mol. The highest BCUT2D eigenvalue weighted by molar-refractivity contribution is 8.19. The van der Waals surface area contributed by atoms with Crippen LogP contribution in [0.5, 0.6) is 0 Å². The van der Waals surface area contributed by atoms with E-state index in [9.17, 15) is 19.7 Å². The summed E-state index contributed by atoms with van der Waals surface area (Å²) in [6, 6.07) is 23.5. The van der Waals surface area contributed by atoms with Crippen LogP contribution in [0.1, 0.15) is 15.9 Å². The zero-order valence-electron chi connectivity index (χ0n) is 16.0. The third-order valence-corrected chi connectivity index (χ3v) is 5.39. The molecule has 0 saturated carbocycles. The zero-order chi connectivity index (χ0) is 21.8. The first kappa shape index (κ1) is 20.2. The normalized spacial score (nSPS) is 16.1. The number of aliphatic imine (C=N–C) groups is 1.